The molecular weight excluding hydrogens is 213 g/mol. The van der Waals surface area contributed by atoms with Crippen molar-refractivity contribution in [3.05, 3.63) is 41.3 Å². The van der Waals surface area contributed by atoms with Crippen LogP contribution in [0.2, 0.25) is 0 Å². The molecule has 0 atom stereocenters. The van der Waals surface area contributed by atoms with Crippen LogP contribution in [-0.4, -0.2) is 4.98 Å². The molecule has 0 aliphatic heterocycles. The molecule has 1 saturated carbocycles. The normalized spacial score (nSPS) is 15.8. The predicted molar refractivity (Wildman–Crippen MR) is 67.8 cm³/mol. The van der Waals surface area contributed by atoms with E-state index in [-0.39, 0.29) is 5.82 Å². The van der Waals surface area contributed by atoms with E-state index in [1.807, 2.05) is 12.3 Å². The monoisotopic (exact) mass is 229 g/mol. The van der Waals surface area contributed by atoms with E-state index < -0.39 is 0 Å². The zero-order valence-corrected chi connectivity index (χ0v) is 10.2. The van der Waals surface area contributed by atoms with Crippen LogP contribution in [0.3, 0.4) is 0 Å². The smallest absolute Gasteiger partial charge is 0.125 e. The SMILES string of the molecule is CC(C)c1cnc2cc(F)ccc2c1C1CC1. The minimum absolute atomic E-state index is 0.205. The van der Waals surface area contributed by atoms with E-state index in [0.29, 0.717) is 11.8 Å². The van der Waals surface area contributed by atoms with Crippen LogP contribution in [0, 0.1) is 5.82 Å². The molecule has 1 aromatic carbocycles. The zero-order valence-electron chi connectivity index (χ0n) is 10.2. The van der Waals surface area contributed by atoms with Gasteiger partial charge in [0.25, 0.3) is 0 Å². The maximum atomic E-state index is 13.2. The summed E-state index contributed by atoms with van der Waals surface area (Å²) in [5, 5.41) is 1.14. The number of pyridine rings is 1. The Hall–Kier alpha value is -1.44. The van der Waals surface area contributed by atoms with Gasteiger partial charge >= 0.3 is 0 Å². The second-order valence-electron chi connectivity index (χ2n) is 5.22. The third-order valence-electron chi connectivity index (χ3n) is 3.51. The fraction of sp³-hybridized carbons (Fsp3) is 0.400. The Kier molecular flexibility index (Phi) is 2.39. The van der Waals surface area contributed by atoms with Gasteiger partial charge in [0, 0.05) is 17.6 Å². The van der Waals surface area contributed by atoms with Gasteiger partial charge in [0.15, 0.2) is 0 Å². The van der Waals surface area contributed by atoms with E-state index in [0.717, 1.165) is 10.9 Å². The zero-order chi connectivity index (χ0) is 12.0. The first-order valence-electron chi connectivity index (χ1n) is 6.25. The van der Waals surface area contributed by atoms with Crippen LogP contribution in [0.25, 0.3) is 10.9 Å². The van der Waals surface area contributed by atoms with Gasteiger partial charge in [-0.25, -0.2) is 4.39 Å². The molecule has 88 valence electrons. The summed E-state index contributed by atoms with van der Waals surface area (Å²) < 4.78 is 13.2. The average molecular weight is 229 g/mol. The summed E-state index contributed by atoms with van der Waals surface area (Å²) in [5.74, 6) is 0.944. The summed E-state index contributed by atoms with van der Waals surface area (Å²) in [5.41, 5.74) is 3.52. The van der Waals surface area contributed by atoms with Gasteiger partial charge in [-0.05, 0) is 47.9 Å². The summed E-state index contributed by atoms with van der Waals surface area (Å²) in [6.07, 6.45) is 4.45. The highest BCUT2D eigenvalue weighted by molar-refractivity contribution is 5.84. The van der Waals surface area contributed by atoms with Gasteiger partial charge in [-0.15, -0.1) is 0 Å². The lowest BCUT2D eigenvalue weighted by Gasteiger charge is -2.14. The topological polar surface area (TPSA) is 12.9 Å². The molecule has 0 N–H and O–H groups in total. The maximum Gasteiger partial charge on any atom is 0.125 e. The molecular formula is C15H16FN. The van der Waals surface area contributed by atoms with Crippen LogP contribution in [-0.2, 0) is 0 Å². The summed E-state index contributed by atoms with van der Waals surface area (Å²) >= 11 is 0. The first-order chi connectivity index (χ1) is 8.16. The van der Waals surface area contributed by atoms with Crippen LogP contribution in [0.1, 0.15) is 49.7 Å². The minimum atomic E-state index is -0.205. The van der Waals surface area contributed by atoms with Gasteiger partial charge < -0.3 is 0 Å². The van der Waals surface area contributed by atoms with E-state index in [1.54, 1.807) is 6.07 Å². The van der Waals surface area contributed by atoms with Crippen LogP contribution in [0.15, 0.2) is 24.4 Å². The molecule has 1 heterocycles. The van der Waals surface area contributed by atoms with Crippen molar-refractivity contribution < 1.29 is 4.39 Å². The lowest BCUT2D eigenvalue weighted by Crippen LogP contribution is -1.98. The van der Waals surface area contributed by atoms with E-state index in [9.17, 15) is 4.39 Å². The number of hydrogen-bond donors (Lipinski definition) is 0. The third kappa shape index (κ3) is 1.82. The van der Waals surface area contributed by atoms with Gasteiger partial charge in [-0.1, -0.05) is 13.8 Å². The number of halogens is 1. The molecule has 0 amide bonds. The van der Waals surface area contributed by atoms with Gasteiger partial charge in [-0.3, -0.25) is 4.98 Å². The molecule has 2 heteroatoms. The first kappa shape index (κ1) is 10.7. The van der Waals surface area contributed by atoms with E-state index in [2.05, 4.69) is 18.8 Å². The standard InChI is InChI=1S/C15H16FN/c1-9(2)13-8-17-14-7-11(16)5-6-12(14)15(13)10-3-4-10/h5-10H,3-4H2,1-2H3. The van der Waals surface area contributed by atoms with Crippen molar-refractivity contribution in [2.75, 3.05) is 0 Å². The molecule has 0 saturated heterocycles. The van der Waals surface area contributed by atoms with E-state index >= 15 is 0 Å². The number of hydrogen-bond acceptors (Lipinski definition) is 1. The van der Waals surface area contributed by atoms with E-state index in [1.165, 1.54) is 30.0 Å². The van der Waals surface area contributed by atoms with Crippen molar-refractivity contribution in [2.24, 2.45) is 0 Å². The Labute approximate surface area is 101 Å². The second kappa shape index (κ2) is 3.80. The van der Waals surface area contributed by atoms with Crippen molar-refractivity contribution in [2.45, 2.75) is 38.5 Å². The highest BCUT2D eigenvalue weighted by Gasteiger charge is 2.28. The average Bonchev–Trinajstić information content (AvgIpc) is 3.10. The lowest BCUT2D eigenvalue weighted by atomic mass is 9.93. The fourth-order valence-corrected chi connectivity index (χ4v) is 2.49. The Morgan fingerprint density at radius 2 is 2.06 bits per heavy atom. The fourth-order valence-electron chi connectivity index (χ4n) is 2.49. The molecule has 0 radical (unpaired) electrons. The largest absolute Gasteiger partial charge is 0.256 e. The van der Waals surface area contributed by atoms with Crippen molar-refractivity contribution in [1.82, 2.24) is 4.98 Å². The van der Waals surface area contributed by atoms with Gasteiger partial charge in [0.2, 0.25) is 0 Å². The molecule has 0 spiro atoms. The Bertz CT molecular complexity index is 570. The van der Waals surface area contributed by atoms with Crippen LogP contribution in [0.4, 0.5) is 4.39 Å². The minimum Gasteiger partial charge on any atom is -0.256 e. The number of aromatic nitrogens is 1. The van der Waals surface area contributed by atoms with Gasteiger partial charge in [0.1, 0.15) is 5.82 Å². The molecule has 1 aliphatic carbocycles. The summed E-state index contributed by atoms with van der Waals surface area (Å²) in [4.78, 5) is 4.39. The second-order valence-corrected chi connectivity index (χ2v) is 5.22. The van der Waals surface area contributed by atoms with E-state index in [4.69, 9.17) is 0 Å². The van der Waals surface area contributed by atoms with Gasteiger partial charge in [-0.2, -0.15) is 0 Å². The summed E-state index contributed by atoms with van der Waals surface area (Å²) in [6, 6.07) is 4.96. The number of nitrogens with zero attached hydrogens (tertiary/aromatic N) is 1. The Morgan fingerprint density at radius 1 is 1.29 bits per heavy atom. The highest BCUT2D eigenvalue weighted by Crippen LogP contribution is 2.46. The highest BCUT2D eigenvalue weighted by atomic mass is 19.1. The number of rotatable bonds is 2. The van der Waals surface area contributed by atoms with Crippen LogP contribution >= 0.6 is 0 Å². The third-order valence-corrected chi connectivity index (χ3v) is 3.51. The number of fused-ring (bicyclic) bond motifs is 1. The van der Waals surface area contributed by atoms with Crippen molar-refractivity contribution in [1.29, 1.82) is 0 Å². The maximum absolute atomic E-state index is 13.2. The summed E-state index contributed by atoms with van der Waals surface area (Å²) in [7, 11) is 0. The van der Waals surface area contributed by atoms with Crippen molar-refractivity contribution in [3.63, 3.8) is 0 Å². The number of benzene rings is 1. The molecule has 3 rings (SSSR count). The molecule has 1 fully saturated rings. The quantitative estimate of drug-likeness (QED) is 0.745. The van der Waals surface area contributed by atoms with Crippen LogP contribution < -0.4 is 0 Å². The molecule has 0 unspecified atom stereocenters. The Morgan fingerprint density at radius 3 is 2.71 bits per heavy atom. The lowest BCUT2D eigenvalue weighted by molar-refractivity contribution is 0.629. The Balaban J connectivity index is 2.30. The molecule has 1 nitrogen and oxygen atoms in total. The molecule has 17 heavy (non-hydrogen) atoms. The molecule has 1 aromatic heterocycles. The summed E-state index contributed by atoms with van der Waals surface area (Å²) in [6.45, 7) is 4.39. The van der Waals surface area contributed by atoms with Crippen molar-refractivity contribution >= 4 is 10.9 Å². The first-order valence-corrected chi connectivity index (χ1v) is 6.25. The predicted octanol–water partition coefficient (Wildman–Crippen LogP) is 4.37. The van der Waals surface area contributed by atoms with Gasteiger partial charge in [0.05, 0.1) is 5.52 Å². The molecule has 2 aromatic rings. The van der Waals surface area contributed by atoms with Crippen LogP contribution in [0.5, 0.6) is 0 Å². The molecule has 0 bridgehead atoms. The van der Waals surface area contributed by atoms with Crippen molar-refractivity contribution in [3.8, 4) is 0 Å². The molecule has 1 aliphatic rings.